The average Bonchev–Trinajstić information content (AvgIpc) is 2.92. The lowest BCUT2D eigenvalue weighted by molar-refractivity contribution is -0.164. The number of carbonyl (C=O) groups is 1. The number of benzene rings is 1. The van der Waals surface area contributed by atoms with E-state index in [1.165, 1.54) is 5.56 Å². The Bertz CT molecular complexity index is 773. The van der Waals surface area contributed by atoms with E-state index in [2.05, 4.69) is 6.07 Å². The standard InChI is InChI=1S/C19H21NO4/c1-22-14-5-4-11-9-12-3-2-7-18-15(11)16(14)24-17(18)13(21)6-8-19(12,18)23-10-20/h4-6,8,12,17H,2-3,7,9-10,20H2,1H3/t12-,17+,18+,19-/m1/s1. The fourth-order valence-corrected chi connectivity index (χ4v) is 5.78. The third-order valence-corrected chi connectivity index (χ3v) is 6.53. The van der Waals surface area contributed by atoms with Crippen LogP contribution in [0.2, 0.25) is 0 Å². The van der Waals surface area contributed by atoms with Crippen LogP contribution in [0, 0.1) is 5.92 Å². The molecule has 24 heavy (non-hydrogen) atoms. The normalized spacial score (nSPS) is 37.8. The Hall–Kier alpha value is -1.85. The maximum atomic E-state index is 12.7. The van der Waals surface area contributed by atoms with Crippen molar-refractivity contribution in [2.75, 3.05) is 13.8 Å². The molecule has 2 N–H and O–H groups in total. The van der Waals surface area contributed by atoms with Crippen molar-refractivity contribution >= 4 is 5.78 Å². The molecule has 0 aromatic heterocycles. The van der Waals surface area contributed by atoms with Crippen molar-refractivity contribution < 1.29 is 19.0 Å². The van der Waals surface area contributed by atoms with E-state index in [4.69, 9.17) is 19.9 Å². The van der Waals surface area contributed by atoms with Crippen molar-refractivity contribution in [3.63, 3.8) is 0 Å². The van der Waals surface area contributed by atoms with Gasteiger partial charge in [0, 0.05) is 5.56 Å². The van der Waals surface area contributed by atoms with Gasteiger partial charge in [-0.1, -0.05) is 12.5 Å². The van der Waals surface area contributed by atoms with Gasteiger partial charge in [-0.2, -0.15) is 0 Å². The molecule has 1 aliphatic heterocycles. The van der Waals surface area contributed by atoms with Crippen molar-refractivity contribution in [1.82, 2.24) is 0 Å². The summed E-state index contributed by atoms with van der Waals surface area (Å²) in [7, 11) is 1.64. The molecule has 4 atom stereocenters. The molecule has 5 heteroatoms. The summed E-state index contributed by atoms with van der Waals surface area (Å²) in [5, 5.41) is 0. The fraction of sp³-hybridized carbons (Fsp3) is 0.526. The van der Waals surface area contributed by atoms with Gasteiger partial charge in [-0.05, 0) is 49.0 Å². The van der Waals surface area contributed by atoms with Gasteiger partial charge >= 0.3 is 0 Å². The van der Waals surface area contributed by atoms with Gasteiger partial charge in [-0.15, -0.1) is 0 Å². The summed E-state index contributed by atoms with van der Waals surface area (Å²) in [6.07, 6.45) is 7.01. The highest BCUT2D eigenvalue weighted by Gasteiger charge is 2.71. The van der Waals surface area contributed by atoms with Crippen molar-refractivity contribution in [3.05, 3.63) is 35.4 Å². The van der Waals surface area contributed by atoms with Crippen LogP contribution in [0.4, 0.5) is 0 Å². The molecule has 5 nitrogen and oxygen atoms in total. The number of carbonyl (C=O) groups excluding carboxylic acids is 1. The van der Waals surface area contributed by atoms with E-state index in [1.54, 1.807) is 13.2 Å². The molecule has 1 fully saturated rings. The predicted octanol–water partition coefficient (Wildman–Crippen LogP) is 1.86. The van der Waals surface area contributed by atoms with E-state index in [-0.39, 0.29) is 12.5 Å². The number of ketones is 1. The monoisotopic (exact) mass is 327 g/mol. The van der Waals surface area contributed by atoms with Crippen molar-refractivity contribution in [1.29, 1.82) is 0 Å². The lowest BCUT2D eigenvalue weighted by Crippen LogP contribution is -2.69. The number of hydrogen-bond acceptors (Lipinski definition) is 5. The van der Waals surface area contributed by atoms with E-state index in [0.717, 1.165) is 37.0 Å². The molecule has 1 spiro atoms. The summed E-state index contributed by atoms with van der Waals surface area (Å²) < 4.78 is 18.0. The Balaban J connectivity index is 1.87. The molecule has 1 heterocycles. The minimum atomic E-state index is -0.552. The van der Waals surface area contributed by atoms with Gasteiger partial charge in [-0.25, -0.2) is 0 Å². The van der Waals surface area contributed by atoms with E-state index in [9.17, 15) is 4.79 Å². The molecule has 0 amide bonds. The third kappa shape index (κ3) is 1.38. The van der Waals surface area contributed by atoms with Gasteiger partial charge in [0.1, 0.15) is 5.60 Å². The van der Waals surface area contributed by atoms with E-state index < -0.39 is 17.1 Å². The molecule has 4 aliphatic rings. The van der Waals surface area contributed by atoms with Crippen LogP contribution in [-0.2, 0) is 21.4 Å². The molecule has 1 aromatic rings. The first-order valence-electron chi connectivity index (χ1n) is 8.62. The van der Waals surface area contributed by atoms with Crippen LogP contribution in [0.1, 0.15) is 30.4 Å². The minimum absolute atomic E-state index is 0.0120. The van der Waals surface area contributed by atoms with Crippen LogP contribution >= 0.6 is 0 Å². The Labute approximate surface area is 140 Å². The van der Waals surface area contributed by atoms with Gasteiger partial charge in [0.15, 0.2) is 23.4 Å². The van der Waals surface area contributed by atoms with Gasteiger partial charge in [-0.3, -0.25) is 4.79 Å². The molecule has 0 radical (unpaired) electrons. The molecule has 1 saturated carbocycles. The van der Waals surface area contributed by atoms with E-state index >= 15 is 0 Å². The summed E-state index contributed by atoms with van der Waals surface area (Å²) in [6.45, 7) is 0.137. The number of hydrogen-bond donors (Lipinski definition) is 1. The topological polar surface area (TPSA) is 70.8 Å². The summed E-state index contributed by atoms with van der Waals surface area (Å²) in [5.41, 5.74) is 7.18. The minimum Gasteiger partial charge on any atom is -0.493 e. The number of methoxy groups -OCH3 is 1. The average molecular weight is 327 g/mol. The lowest BCUT2D eigenvalue weighted by Gasteiger charge is -2.59. The van der Waals surface area contributed by atoms with Crippen LogP contribution in [0.3, 0.4) is 0 Å². The maximum absolute atomic E-state index is 12.7. The summed E-state index contributed by atoms with van der Waals surface area (Å²) >= 11 is 0. The molecular weight excluding hydrogens is 306 g/mol. The molecule has 2 bridgehead atoms. The Morgan fingerprint density at radius 2 is 2.29 bits per heavy atom. The first kappa shape index (κ1) is 14.5. The summed E-state index contributed by atoms with van der Waals surface area (Å²) in [4.78, 5) is 12.7. The Morgan fingerprint density at radius 3 is 3.08 bits per heavy atom. The van der Waals surface area contributed by atoms with Gasteiger partial charge in [0.05, 0.1) is 19.3 Å². The molecule has 5 rings (SSSR count). The second-order valence-corrected chi connectivity index (χ2v) is 7.23. The first-order valence-corrected chi connectivity index (χ1v) is 8.62. The van der Waals surface area contributed by atoms with Crippen LogP contribution in [0.25, 0.3) is 0 Å². The molecule has 3 aliphatic carbocycles. The van der Waals surface area contributed by atoms with Gasteiger partial charge in [0.25, 0.3) is 0 Å². The van der Waals surface area contributed by atoms with Crippen LogP contribution in [-0.4, -0.2) is 31.3 Å². The van der Waals surface area contributed by atoms with Gasteiger partial charge < -0.3 is 19.9 Å². The largest absolute Gasteiger partial charge is 0.493 e. The third-order valence-electron chi connectivity index (χ3n) is 6.53. The molecular formula is C19H21NO4. The summed E-state index contributed by atoms with van der Waals surface area (Å²) in [6, 6.07) is 4.07. The van der Waals surface area contributed by atoms with Gasteiger partial charge in [0.2, 0.25) is 0 Å². The molecule has 1 aromatic carbocycles. The Kier molecular flexibility index (Phi) is 2.78. The predicted molar refractivity (Wildman–Crippen MR) is 87.2 cm³/mol. The quantitative estimate of drug-likeness (QED) is 0.858. The number of ether oxygens (including phenoxy) is 3. The highest BCUT2D eigenvalue weighted by molar-refractivity contribution is 5.99. The molecule has 0 unspecified atom stereocenters. The van der Waals surface area contributed by atoms with E-state index in [1.807, 2.05) is 12.1 Å². The number of nitrogens with two attached hydrogens (primary N) is 1. The first-order chi connectivity index (χ1) is 11.7. The van der Waals surface area contributed by atoms with E-state index in [0.29, 0.717) is 11.7 Å². The summed E-state index contributed by atoms with van der Waals surface area (Å²) in [5.74, 6) is 1.74. The maximum Gasteiger partial charge on any atom is 0.196 e. The van der Waals surface area contributed by atoms with Crippen LogP contribution < -0.4 is 15.2 Å². The smallest absolute Gasteiger partial charge is 0.196 e. The molecule has 0 saturated heterocycles. The second kappa shape index (κ2) is 4.61. The van der Waals surface area contributed by atoms with Crippen molar-refractivity contribution in [2.45, 2.75) is 42.8 Å². The Morgan fingerprint density at radius 1 is 1.42 bits per heavy atom. The lowest BCUT2D eigenvalue weighted by atomic mass is 9.47. The zero-order valence-corrected chi connectivity index (χ0v) is 13.7. The zero-order chi connectivity index (χ0) is 16.5. The van der Waals surface area contributed by atoms with Crippen LogP contribution in [0.15, 0.2) is 24.3 Å². The highest BCUT2D eigenvalue weighted by Crippen LogP contribution is 2.66. The zero-order valence-electron chi connectivity index (χ0n) is 13.7. The highest BCUT2D eigenvalue weighted by atomic mass is 16.5. The SMILES string of the molecule is COc1ccc2c3c1O[C@H]1C(=O)C=C[C@@]4(OCN)[C@H](CCC[C@]314)C2. The van der Waals surface area contributed by atoms with Crippen LogP contribution in [0.5, 0.6) is 11.5 Å². The molecule has 126 valence electrons. The van der Waals surface area contributed by atoms with Crippen molar-refractivity contribution in [3.8, 4) is 11.5 Å². The fourth-order valence-electron chi connectivity index (χ4n) is 5.78. The second-order valence-electron chi connectivity index (χ2n) is 7.23. The van der Waals surface area contributed by atoms with Crippen molar-refractivity contribution in [2.24, 2.45) is 11.7 Å². The number of rotatable bonds is 3.